The Bertz CT molecular complexity index is 166. The van der Waals surface area contributed by atoms with E-state index in [9.17, 15) is 4.79 Å². The largest absolute Gasteiger partial charge is 0.461 e. The molecule has 0 unspecified atom stereocenters. The fourth-order valence-corrected chi connectivity index (χ4v) is 0.720. The van der Waals surface area contributed by atoms with Gasteiger partial charge in [0.15, 0.2) is 0 Å². The first-order valence-electron chi connectivity index (χ1n) is 3.48. The lowest BCUT2D eigenvalue weighted by atomic mass is 10.4. The summed E-state index contributed by atoms with van der Waals surface area (Å²) < 4.78 is 4.60. The van der Waals surface area contributed by atoms with Crippen molar-refractivity contribution in [3.05, 3.63) is 0 Å². The highest BCUT2D eigenvalue weighted by Crippen LogP contribution is 1.95. The maximum absolute atomic E-state index is 10.8. The summed E-state index contributed by atoms with van der Waals surface area (Å²) in [4.78, 5) is 14.6. The number of carbonyl (C=O) groups excluding carboxylic acids is 1. The van der Waals surface area contributed by atoms with Crippen molar-refractivity contribution in [2.24, 2.45) is 4.99 Å². The summed E-state index contributed by atoms with van der Waals surface area (Å²) >= 11 is 5.48. The van der Waals surface area contributed by atoms with E-state index in [1.54, 1.807) is 6.92 Å². The summed E-state index contributed by atoms with van der Waals surface area (Å²) in [6.07, 6.45) is 0. The maximum atomic E-state index is 10.8. The molecule has 0 aliphatic rings. The molecule has 64 valence electrons. The Morgan fingerprint density at radius 2 is 2.18 bits per heavy atom. The van der Waals surface area contributed by atoms with Crippen LogP contribution < -0.4 is 0 Å². The van der Waals surface area contributed by atoms with E-state index in [2.05, 4.69) is 9.73 Å². The standard InChI is InChI=1S/C7H12ClNO2/c1-4-11-7(10)6(8)9-5(2)3/h5H,4H2,1-3H3. The van der Waals surface area contributed by atoms with E-state index in [1.807, 2.05) is 13.8 Å². The predicted molar refractivity (Wildman–Crippen MR) is 45.1 cm³/mol. The first-order valence-corrected chi connectivity index (χ1v) is 3.86. The third kappa shape index (κ3) is 4.79. The van der Waals surface area contributed by atoms with Crippen LogP contribution in [0.25, 0.3) is 0 Å². The molecular formula is C7H12ClNO2. The van der Waals surface area contributed by atoms with Crippen LogP contribution in [0.4, 0.5) is 0 Å². The maximum Gasteiger partial charge on any atom is 0.368 e. The van der Waals surface area contributed by atoms with Gasteiger partial charge in [0, 0.05) is 6.04 Å². The van der Waals surface area contributed by atoms with Crippen molar-refractivity contribution < 1.29 is 9.53 Å². The number of ether oxygens (including phenoxy) is 1. The average molecular weight is 178 g/mol. The summed E-state index contributed by atoms with van der Waals surface area (Å²) in [5.41, 5.74) is 0. The van der Waals surface area contributed by atoms with Crippen LogP contribution in [0.1, 0.15) is 20.8 Å². The zero-order valence-electron chi connectivity index (χ0n) is 6.93. The Labute approximate surface area is 71.4 Å². The van der Waals surface area contributed by atoms with Crippen molar-refractivity contribution in [3.63, 3.8) is 0 Å². The molecule has 0 saturated carbocycles. The highest BCUT2D eigenvalue weighted by Gasteiger charge is 2.08. The van der Waals surface area contributed by atoms with Gasteiger partial charge in [-0.15, -0.1) is 0 Å². The molecule has 0 amide bonds. The van der Waals surface area contributed by atoms with Crippen molar-refractivity contribution in [2.75, 3.05) is 6.61 Å². The van der Waals surface area contributed by atoms with Crippen LogP contribution in [-0.4, -0.2) is 23.8 Å². The van der Waals surface area contributed by atoms with Gasteiger partial charge in [-0.1, -0.05) is 11.6 Å². The molecule has 0 atom stereocenters. The highest BCUT2D eigenvalue weighted by molar-refractivity contribution is 6.82. The minimum Gasteiger partial charge on any atom is -0.461 e. The quantitative estimate of drug-likeness (QED) is 0.485. The minimum atomic E-state index is -0.553. The van der Waals surface area contributed by atoms with E-state index in [0.717, 1.165) is 0 Å². The summed E-state index contributed by atoms with van der Waals surface area (Å²) in [6, 6.07) is 0.0203. The number of hydrogen-bond acceptors (Lipinski definition) is 3. The molecule has 0 aromatic rings. The number of halogens is 1. The van der Waals surface area contributed by atoms with Gasteiger partial charge < -0.3 is 4.74 Å². The Balaban J connectivity index is 4.01. The van der Waals surface area contributed by atoms with E-state index in [-0.39, 0.29) is 11.2 Å². The van der Waals surface area contributed by atoms with Gasteiger partial charge in [0.1, 0.15) is 0 Å². The van der Waals surface area contributed by atoms with Crippen LogP contribution in [0.2, 0.25) is 0 Å². The fourth-order valence-electron chi connectivity index (χ4n) is 0.470. The molecule has 0 bridgehead atoms. The molecule has 0 aromatic heterocycles. The Kier molecular flexibility index (Phi) is 4.86. The lowest BCUT2D eigenvalue weighted by Crippen LogP contribution is -2.13. The van der Waals surface area contributed by atoms with Gasteiger partial charge in [0.2, 0.25) is 5.17 Å². The van der Waals surface area contributed by atoms with Crippen molar-refractivity contribution in [1.29, 1.82) is 0 Å². The molecule has 4 heteroatoms. The van der Waals surface area contributed by atoms with Crippen molar-refractivity contribution in [1.82, 2.24) is 0 Å². The van der Waals surface area contributed by atoms with Crippen LogP contribution in [0, 0.1) is 0 Å². The Morgan fingerprint density at radius 3 is 2.55 bits per heavy atom. The summed E-state index contributed by atoms with van der Waals surface area (Å²) in [7, 11) is 0. The van der Waals surface area contributed by atoms with E-state index in [1.165, 1.54) is 0 Å². The van der Waals surface area contributed by atoms with Gasteiger partial charge in [0.25, 0.3) is 0 Å². The van der Waals surface area contributed by atoms with Gasteiger partial charge in [-0.25, -0.2) is 4.79 Å². The molecule has 0 aromatic carbocycles. The number of esters is 1. The molecule has 0 saturated heterocycles. The summed E-state index contributed by atoms with van der Waals surface area (Å²) in [6.45, 7) is 5.71. The molecule has 0 radical (unpaired) electrons. The van der Waals surface area contributed by atoms with E-state index < -0.39 is 5.97 Å². The number of carbonyl (C=O) groups is 1. The van der Waals surface area contributed by atoms with Gasteiger partial charge in [-0.2, -0.15) is 0 Å². The van der Waals surface area contributed by atoms with Crippen molar-refractivity contribution in [2.45, 2.75) is 26.8 Å². The average Bonchev–Trinajstić information content (AvgIpc) is 1.86. The van der Waals surface area contributed by atoms with Gasteiger partial charge >= 0.3 is 5.97 Å². The first-order chi connectivity index (χ1) is 5.07. The third-order valence-electron chi connectivity index (χ3n) is 0.815. The number of rotatable bonds is 3. The molecule has 0 aliphatic heterocycles. The molecule has 0 rings (SSSR count). The molecule has 0 heterocycles. The second kappa shape index (κ2) is 5.13. The second-order valence-corrected chi connectivity index (χ2v) is 2.59. The SMILES string of the molecule is CCOC(=O)C(Cl)=NC(C)C. The zero-order valence-corrected chi connectivity index (χ0v) is 7.68. The van der Waals surface area contributed by atoms with E-state index in [0.29, 0.717) is 6.61 Å². The Hall–Kier alpha value is -0.570. The van der Waals surface area contributed by atoms with Crippen LogP contribution in [0.5, 0.6) is 0 Å². The third-order valence-corrected chi connectivity index (χ3v) is 1.07. The summed E-state index contributed by atoms with van der Waals surface area (Å²) in [5.74, 6) is -0.553. The van der Waals surface area contributed by atoms with Gasteiger partial charge in [-0.05, 0) is 20.8 Å². The molecule has 0 fully saturated rings. The normalized spacial score (nSPS) is 11.9. The highest BCUT2D eigenvalue weighted by atomic mass is 35.5. The smallest absolute Gasteiger partial charge is 0.368 e. The molecule has 0 spiro atoms. The van der Waals surface area contributed by atoms with Gasteiger partial charge in [0.05, 0.1) is 6.61 Å². The lowest BCUT2D eigenvalue weighted by Gasteiger charge is -2.00. The first kappa shape index (κ1) is 10.4. The predicted octanol–water partition coefficient (Wildman–Crippen LogP) is 1.60. The monoisotopic (exact) mass is 177 g/mol. The Morgan fingerprint density at radius 1 is 1.64 bits per heavy atom. The second-order valence-electron chi connectivity index (χ2n) is 2.23. The number of hydrogen-bond donors (Lipinski definition) is 0. The van der Waals surface area contributed by atoms with E-state index >= 15 is 0 Å². The van der Waals surface area contributed by atoms with Crippen LogP contribution in [0.15, 0.2) is 4.99 Å². The number of nitrogens with zero attached hydrogens (tertiary/aromatic N) is 1. The van der Waals surface area contributed by atoms with Crippen molar-refractivity contribution >= 4 is 22.7 Å². The van der Waals surface area contributed by atoms with E-state index in [4.69, 9.17) is 11.6 Å². The van der Waals surface area contributed by atoms with Crippen LogP contribution in [0.3, 0.4) is 0 Å². The van der Waals surface area contributed by atoms with Crippen LogP contribution >= 0.6 is 11.6 Å². The minimum absolute atomic E-state index is 0.0203. The molecular weight excluding hydrogens is 166 g/mol. The molecule has 11 heavy (non-hydrogen) atoms. The lowest BCUT2D eigenvalue weighted by molar-refractivity contribution is -0.134. The number of aliphatic imine (C=N–C) groups is 1. The topological polar surface area (TPSA) is 38.7 Å². The summed E-state index contributed by atoms with van der Waals surface area (Å²) in [5, 5.41) is -0.0816. The van der Waals surface area contributed by atoms with Crippen molar-refractivity contribution in [3.8, 4) is 0 Å². The molecule has 3 nitrogen and oxygen atoms in total. The zero-order chi connectivity index (χ0) is 8.85. The van der Waals surface area contributed by atoms with Crippen LogP contribution in [-0.2, 0) is 9.53 Å². The fraction of sp³-hybridized carbons (Fsp3) is 0.714. The molecule has 0 aliphatic carbocycles. The molecule has 0 N–H and O–H groups in total. The van der Waals surface area contributed by atoms with Gasteiger partial charge in [-0.3, -0.25) is 4.99 Å².